The predicted molar refractivity (Wildman–Crippen MR) is 122 cm³/mol. The van der Waals surface area contributed by atoms with Crippen LogP contribution in [0.1, 0.15) is 46.2 Å². The van der Waals surface area contributed by atoms with Gasteiger partial charge >= 0.3 is 11.9 Å². The van der Waals surface area contributed by atoms with Crippen molar-refractivity contribution in [3.8, 4) is 0 Å². The van der Waals surface area contributed by atoms with Gasteiger partial charge in [-0.25, -0.2) is 9.59 Å². The van der Waals surface area contributed by atoms with Gasteiger partial charge in [-0.15, -0.1) is 0 Å². The molecule has 8 heteroatoms. The van der Waals surface area contributed by atoms with Crippen LogP contribution in [0.2, 0.25) is 0 Å². The van der Waals surface area contributed by atoms with Crippen LogP contribution < -0.4 is 10.6 Å². The maximum Gasteiger partial charge on any atom is 0.342 e. The van der Waals surface area contributed by atoms with E-state index in [1.807, 2.05) is 64.1 Å². The smallest absolute Gasteiger partial charge is 0.342 e. The fourth-order valence-electron chi connectivity index (χ4n) is 4.78. The second-order valence-corrected chi connectivity index (χ2v) is 9.36. The molecule has 2 aromatic rings. The predicted octanol–water partition coefficient (Wildman–Crippen LogP) is 2.22. The number of benzene rings is 2. The Kier molecular flexibility index (Phi) is 5.93. The first-order valence-electron chi connectivity index (χ1n) is 11.2. The molecule has 2 aromatic carbocycles. The van der Waals surface area contributed by atoms with Gasteiger partial charge in [0.1, 0.15) is 13.2 Å². The van der Waals surface area contributed by atoms with Crippen LogP contribution in [0, 0.1) is 27.7 Å². The highest BCUT2D eigenvalue weighted by Crippen LogP contribution is 2.35. The molecular weight excluding hydrogens is 436 g/mol. The molecular formula is C26H28N2O6. The first kappa shape index (κ1) is 23.5. The molecule has 0 aromatic heterocycles. The van der Waals surface area contributed by atoms with Crippen molar-refractivity contribution in [1.29, 1.82) is 0 Å². The Hall–Kier alpha value is -3.68. The monoisotopic (exact) mass is 464 g/mol. The van der Waals surface area contributed by atoms with E-state index in [9.17, 15) is 19.2 Å². The molecule has 34 heavy (non-hydrogen) atoms. The van der Waals surface area contributed by atoms with Crippen LogP contribution in [0.4, 0.5) is 0 Å². The maximum absolute atomic E-state index is 12.9. The number of piperidine rings is 2. The van der Waals surface area contributed by atoms with E-state index in [4.69, 9.17) is 9.47 Å². The lowest BCUT2D eigenvalue weighted by molar-refractivity contribution is -0.178. The highest BCUT2D eigenvalue weighted by Gasteiger charge is 2.67. The minimum atomic E-state index is -1.86. The largest absolute Gasteiger partial charge is 0.459 e. The number of ether oxygens (including phenoxy) is 2. The molecule has 2 N–H and O–H groups in total. The van der Waals surface area contributed by atoms with Gasteiger partial charge in [-0.05, 0) is 51.7 Å². The number of esters is 2. The Morgan fingerprint density at radius 2 is 1.00 bits per heavy atom. The van der Waals surface area contributed by atoms with Gasteiger partial charge in [0.05, 0.1) is 0 Å². The number of fused-ring (bicyclic) bond motifs is 3. The maximum atomic E-state index is 12.9. The van der Waals surface area contributed by atoms with E-state index < -0.39 is 34.8 Å². The molecule has 3 fully saturated rings. The Morgan fingerprint density at radius 3 is 1.29 bits per heavy atom. The molecule has 8 nitrogen and oxygen atoms in total. The van der Waals surface area contributed by atoms with E-state index in [0.29, 0.717) is 0 Å². The second kappa shape index (κ2) is 8.59. The van der Waals surface area contributed by atoms with E-state index in [-0.39, 0.29) is 26.1 Å². The number of amides is 2. The lowest BCUT2D eigenvalue weighted by Crippen LogP contribution is -2.83. The highest BCUT2D eigenvalue weighted by atomic mass is 16.5. The topological polar surface area (TPSA) is 111 Å². The zero-order valence-electron chi connectivity index (χ0n) is 19.7. The number of hydrogen-bond donors (Lipinski definition) is 2. The summed E-state index contributed by atoms with van der Waals surface area (Å²) in [5, 5.41) is 4.90. The first-order chi connectivity index (χ1) is 16.0. The van der Waals surface area contributed by atoms with Crippen molar-refractivity contribution in [2.45, 2.75) is 64.8 Å². The van der Waals surface area contributed by atoms with Crippen LogP contribution in [0.25, 0.3) is 0 Å². The van der Waals surface area contributed by atoms with E-state index in [0.717, 1.165) is 33.4 Å². The molecule has 3 aliphatic heterocycles. The zero-order chi connectivity index (χ0) is 24.7. The third-order valence-corrected chi connectivity index (χ3v) is 6.30. The zero-order valence-corrected chi connectivity index (χ0v) is 19.7. The van der Waals surface area contributed by atoms with Crippen molar-refractivity contribution < 1.29 is 28.7 Å². The third kappa shape index (κ3) is 4.16. The van der Waals surface area contributed by atoms with Crippen molar-refractivity contribution in [1.82, 2.24) is 10.6 Å². The number of hydrogen-bond acceptors (Lipinski definition) is 6. The van der Waals surface area contributed by atoms with Crippen LogP contribution in [-0.2, 0) is 41.9 Å². The van der Waals surface area contributed by atoms with Crippen molar-refractivity contribution in [2.75, 3.05) is 0 Å². The molecule has 2 amide bonds. The number of carbonyl (C=O) groups excluding carboxylic acids is 4. The number of rotatable bonds is 6. The second-order valence-electron chi connectivity index (χ2n) is 9.36. The van der Waals surface area contributed by atoms with Gasteiger partial charge in [0, 0.05) is 0 Å². The molecule has 0 radical (unpaired) electrons. The Morgan fingerprint density at radius 1 is 0.676 bits per heavy atom. The molecule has 3 aliphatic rings. The van der Waals surface area contributed by atoms with Gasteiger partial charge in [-0.1, -0.05) is 58.7 Å². The first-order valence-corrected chi connectivity index (χ1v) is 11.2. The lowest BCUT2D eigenvalue weighted by Gasteiger charge is -2.48. The fourth-order valence-corrected chi connectivity index (χ4v) is 4.78. The molecule has 2 bridgehead atoms. The molecule has 3 heterocycles. The quantitative estimate of drug-likeness (QED) is 0.501. The SMILES string of the molecule is Cc1cc(C)cc(COC(=O)[C@]23CC[C@](C(=O)OCc4cc(C)cc(C)c4)(NC2=O)C(=O)N3)c1. The van der Waals surface area contributed by atoms with Crippen LogP contribution in [0.15, 0.2) is 36.4 Å². The average Bonchev–Trinajstić information content (AvgIpc) is 2.75. The fraction of sp³-hybridized carbons (Fsp3) is 0.385. The summed E-state index contributed by atoms with van der Waals surface area (Å²) in [5.41, 5.74) is 1.95. The van der Waals surface area contributed by atoms with Gasteiger partial charge < -0.3 is 20.1 Å². The normalized spacial score (nSPS) is 23.2. The summed E-state index contributed by atoms with van der Waals surface area (Å²) in [6.45, 7) is 7.68. The molecule has 2 atom stereocenters. The molecule has 0 aliphatic carbocycles. The summed E-state index contributed by atoms with van der Waals surface area (Å²) in [6, 6.07) is 11.5. The standard InChI is InChI=1S/C26H28N2O6/c1-15-7-16(2)10-19(9-15)13-33-23(31)25-5-6-26(22(30)27-25,28-21(25)29)24(32)34-14-20-11-17(3)8-18(4)12-20/h7-12H,5-6,13-14H2,1-4H3,(H,27,30)(H,28,29)/t25-,26-/m0/s1. The van der Waals surface area contributed by atoms with E-state index in [2.05, 4.69) is 10.6 Å². The highest BCUT2D eigenvalue weighted by molar-refractivity contribution is 6.22. The van der Waals surface area contributed by atoms with Crippen molar-refractivity contribution in [3.63, 3.8) is 0 Å². The van der Waals surface area contributed by atoms with Gasteiger partial charge in [-0.3, -0.25) is 9.59 Å². The average molecular weight is 465 g/mol. The summed E-state index contributed by atoms with van der Waals surface area (Å²) in [5.74, 6) is -3.25. The molecule has 0 spiro atoms. The van der Waals surface area contributed by atoms with Crippen molar-refractivity contribution >= 4 is 23.8 Å². The summed E-state index contributed by atoms with van der Waals surface area (Å²) in [7, 11) is 0. The van der Waals surface area contributed by atoms with Gasteiger partial charge in [0.15, 0.2) is 0 Å². The molecule has 0 saturated carbocycles. The molecule has 5 rings (SSSR count). The van der Waals surface area contributed by atoms with Crippen LogP contribution >= 0.6 is 0 Å². The molecule has 3 saturated heterocycles. The van der Waals surface area contributed by atoms with Crippen LogP contribution in [0.5, 0.6) is 0 Å². The van der Waals surface area contributed by atoms with E-state index >= 15 is 0 Å². The van der Waals surface area contributed by atoms with E-state index in [1.54, 1.807) is 0 Å². The summed E-state index contributed by atoms with van der Waals surface area (Å²) >= 11 is 0. The van der Waals surface area contributed by atoms with Crippen LogP contribution in [0.3, 0.4) is 0 Å². The van der Waals surface area contributed by atoms with Crippen molar-refractivity contribution in [2.24, 2.45) is 0 Å². The third-order valence-electron chi connectivity index (χ3n) is 6.30. The summed E-state index contributed by atoms with van der Waals surface area (Å²) in [6.07, 6.45) is -0.121. The van der Waals surface area contributed by atoms with Gasteiger partial charge in [-0.2, -0.15) is 0 Å². The van der Waals surface area contributed by atoms with E-state index in [1.165, 1.54) is 0 Å². The Balaban J connectivity index is 1.44. The number of piperazine rings is 1. The number of carbonyl (C=O) groups is 4. The Bertz CT molecular complexity index is 1070. The van der Waals surface area contributed by atoms with Gasteiger partial charge in [0.2, 0.25) is 11.1 Å². The lowest BCUT2D eigenvalue weighted by atomic mass is 9.73. The minimum absolute atomic E-state index is 0.0324. The minimum Gasteiger partial charge on any atom is -0.459 e. The number of aryl methyl sites for hydroxylation is 4. The van der Waals surface area contributed by atoms with Gasteiger partial charge in [0.25, 0.3) is 11.8 Å². The molecule has 178 valence electrons. The molecule has 0 unspecified atom stereocenters. The number of nitrogens with one attached hydrogen (secondary N) is 2. The van der Waals surface area contributed by atoms with Crippen molar-refractivity contribution in [3.05, 3.63) is 69.8 Å². The summed E-state index contributed by atoms with van der Waals surface area (Å²) in [4.78, 5) is 51.7. The Labute approximate surface area is 198 Å². The van der Waals surface area contributed by atoms with Crippen LogP contribution in [-0.4, -0.2) is 34.8 Å². The summed E-state index contributed by atoms with van der Waals surface area (Å²) < 4.78 is 10.8.